The predicted octanol–water partition coefficient (Wildman–Crippen LogP) is 1.42. The fraction of sp³-hybridized carbons (Fsp3) is 0.500. The Morgan fingerprint density at radius 2 is 2.23 bits per heavy atom. The van der Waals surface area contributed by atoms with E-state index < -0.39 is 11.4 Å². The van der Waals surface area contributed by atoms with E-state index in [2.05, 4.69) is 5.10 Å². The molecule has 1 aromatic heterocycles. The molecule has 1 N–H and O–H groups in total. The zero-order valence-electron chi connectivity index (χ0n) is 7.60. The number of carboxylic acids is 1. The number of hydrogen-bond acceptors (Lipinski definition) is 2. The number of nitrogens with zero attached hydrogens (tertiary/aromatic N) is 2. The summed E-state index contributed by atoms with van der Waals surface area (Å²) in [5.74, 6) is -0.807. The van der Waals surface area contributed by atoms with Crippen LogP contribution in [0.4, 0.5) is 0 Å². The van der Waals surface area contributed by atoms with Gasteiger partial charge in [-0.15, -0.1) is 12.4 Å². The van der Waals surface area contributed by atoms with Crippen molar-refractivity contribution in [3.63, 3.8) is 0 Å². The van der Waals surface area contributed by atoms with Crippen LogP contribution in [0.15, 0.2) is 18.5 Å². The highest BCUT2D eigenvalue weighted by molar-refractivity contribution is 5.85. The van der Waals surface area contributed by atoms with Gasteiger partial charge in [-0.2, -0.15) is 5.10 Å². The van der Waals surface area contributed by atoms with Crippen LogP contribution in [-0.4, -0.2) is 20.9 Å². The van der Waals surface area contributed by atoms with Crippen LogP contribution in [0.3, 0.4) is 0 Å². The summed E-state index contributed by atoms with van der Waals surface area (Å²) >= 11 is 0. The Hall–Kier alpha value is -1.03. The number of aromatic nitrogens is 2. The molecule has 0 bridgehead atoms. The van der Waals surface area contributed by atoms with E-state index in [9.17, 15) is 4.79 Å². The fourth-order valence-electron chi connectivity index (χ4n) is 0.867. The zero-order valence-corrected chi connectivity index (χ0v) is 8.41. The van der Waals surface area contributed by atoms with E-state index in [-0.39, 0.29) is 12.4 Å². The number of carboxylic acid groups (broad SMARTS) is 1. The van der Waals surface area contributed by atoms with Crippen molar-refractivity contribution >= 4 is 18.4 Å². The number of hydrogen-bond donors (Lipinski definition) is 1. The smallest absolute Gasteiger partial charge is 0.310 e. The van der Waals surface area contributed by atoms with Gasteiger partial charge in [0.1, 0.15) is 0 Å². The summed E-state index contributed by atoms with van der Waals surface area (Å²) in [5.41, 5.74) is -0.758. The highest BCUT2D eigenvalue weighted by Gasteiger charge is 2.27. The predicted molar refractivity (Wildman–Crippen MR) is 50.9 cm³/mol. The molecular formula is C8H13ClN2O2. The quantitative estimate of drug-likeness (QED) is 0.810. The molecular weight excluding hydrogens is 192 g/mol. The number of rotatable bonds is 3. The first-order chi connectivity index (χ1) is 5.52. The van der Waals surface area contributed by atoms with Crippen LogP contribution in [0.2, 0.25) is 0 Å². The summed E-state index contributed by atoms with van der Waals surface area (Å²) in [7, 11) is 0. The lowest BCUT2D eigenvalue weighted by Gasteiger charge is -2.18. The van der Waals surface area contributed by atoms with Crippen molar-refractivity contribution in [3.8, 4) is 0 Å². The number of aliphatic carboxylic acids is 1. The molecule has 0 amide bonds. The molecule has 0 aliphatic carbocycles. The first kappa shape index (κ1) is 12.0. The largest absolute Gasteiger partial charge is 0.481 e. The molecule has 0 fully saturated rings. The summed E-state index contributed by atoms with van der Waals surface area (Å²) in [6, 6.07) is 1.78. The van der Waals surface area contributed by atoms with Crippen LogP contribution in [0.1, 0.15) is 13.8 Å². The van der Waals surface area contributed by atoms with Gasteiger partial charge in [0.15, 0.2) is 0 Å². The van der Waals surface area contributed by atoms with Crippen LogP contribution in [-0.2, 0) is 11.3 Å². The highest BCUT2D eigenvalue weighted by Crippen LogP contribution is 2.17. The molecule has 4 nitrogen and oxygen atoms in total. The van der Waals surface area contributed by atoms with Crippen LogP contribution >= 0.6 is 12.4 Å². The van der Waals surface area contributed by atoms with Crippen molar-refractivity contribution in [1.82, 2.24) is 9.78 Å². The molecule has 74 valence electrons. The lowest BCUT2D eigenvalue weighted by atomic mass is 9.94. The van der Waals surface area contributed by atoms with E-state index >= 15 is 0 Å². The second kappa shape index (κ2) is 4.28. The Bertz CT molecular complexity index is 270. The third kappa shape index (κ3) is 3.06. The summed E-state index contributed by atoms with van der Waals surface area (Å²) in [6.45, 7) is 3.75. The Morgan fingerprint density at radius 1 is 1.62 bits per heavy atom. The molecule has 1 heterocycles. The molecule has 0 aliphatic rings. The Kier molecular flexibility index (Phi) is 3.94. The molecule has 0 spiro atoms. The van der Waals surface area contributed by atoms with Gasteiger partial charge in [0, 0.05) is 12.4 Å². The minimum atomic E-state index is -0.807. The summed E-state index contributed by atoms with van der Waals surface area (Å²) < 4.78 is 1.62. The van der Waals surface area contributed by atoms with Crippen LogP contribution in [0, 0.1) is 5.41 Å². The zero-order chi connectivity index (χ0) is 9.19. The standard InChI is InChI=1S/C8H12N2O2.ClH/c1-8(2,7(11)12)6-10-5-3-4-9-10;/h3-5H,6H2,1-2H3,(H,11,12);1H. The average molecular weight is 205 g/mol. The summed E-state index contributed by atoms with van der Waals surface area (Å²) in [6.07, 6.45) is 3.39. The van der Waals surface area contributed by atoms with Crippen molar-refractivity contribution in [1.29, 1.82) is 0 Å². The maximum atomic E-state index is 10.7. The summed E-state index contributed by atoms with van der Waals surface area (Å²) in [4.78, 5) is 10.7. The van der Waals surface area contributed by atoms with Gasteiger partial charge in [0.2, 0.25) is 0 Å². The fourth-order valence-corrected chi connectivity index (χ4v) is 0.867. The van der Waals surface area contributed by atoms with Gasteiger partial charge in [0.05, 0.1) is 12.0 Å². The van der Waals surface area contributed by atoms with E-state index in [1.807, 2.05) is 0 Å². The van der Waals surface area contributed by atoms with Crippen LogP contribution in [0.25, 0.3) is 0 Å². The van der Waals surface area contributed by atoms with E-state index in [0.29, 0.717) is 6.54 Å². The topological polar surface area (TPSA) is 55.1 Å². The molecule has 0 saturated heterocycles. The molecule has 0 unspecified atom stereocenters. The third-order valence-corrected chi connectivity index (χ3v) is 1.70. The van der Waals surface area contributed by atoms with Gasteiger partial charge in [-0.3, -0.25) is 9.48 Å². The highest BCUT2D eigenvalue weighted by atomic mass is 35.5. The van der Waals surface area contributed by atoms with E-state index in [4.69, 9.17) is 5.11 Å². The van der Waals surface area contributed by atoms with E-state index in [1.54, 1.807) is 37.0 Å². The normalized spacial score (nSPS) is 10.6. The summed E-state index contributed by atoms with van der Waals surface area (Å²) in [5, 5.41) is 12.7. The van der Waals surface area contributed by atoms with Gasteiger partial charge in [-0.1, -0.05) is 0 Å². The number of halogens is 1. The third-order valence-electron chi connectivity index (χ3n) is 1.70. The molecule has 5 heteroatoms. The molecule has 1 aromatic rings. The van der Waals surface area contributed by atoms with Crippen molar-refractivity contribution in [2.24, 2.45) is 5.41 Å². The van der Waals surface area contributed by atoms with Gasteiger partial charge >= 0.3 is 5.97 Å². The van der Waals surface area contributed by atoms with Gasteiger partial charge in [0.25, 0.3) is 0 Å². The van der Waals surface area contributed by atoms with Crippen molar-refractivity contribution in [2.45, 2.75) is 20.4 Å². The van der Waals surface area contributed by atoms with Crippen LogP contribution in [0.5, 0.6) is 0 Å². The SMILES string of the molecule is CC(C)(Cn1cccn1)C(=O)O.Cl. The second-order valence-electron chi connectivity index (χ2n) is 3.39. The first-order valence-electron chi connectivity index (χ1n) is 3.73. The average Bonchev–Trinajstić information content (AvgIpc) is 2.38. The Morgan fingerprint density at radius 3 is 2.62 bits per heavy atom. The van der Waals surface area contributed by atoms with Gasteiger partial charge < -0.3 is 5.11 Å². The Labute approximate surface area is 83.0 Å². The number of carbonyl (C=O) groups is 1. The molecule has 13 heavy (non-hydrogen) atoms. The van der Waals surface area contributed by atoms with Gasteiger partial charge in [-0.05, 0) is 19.9 Å². The minimum Gasteiger partial charge on any atom is -0.481 e. The molecule has 1 rings (SSSR count). The molecule has 0 atom stereocenters. The maximum absolute atomic E-state index is 10.7. The molecule has 0 aromatic carbocycles. The maximum Gasteiger partial charge on any atom is 0.310 e. The Balaban J connectivity index is 0.00000144. The minimum absolute atomic E-state index is 0. The van der Waals surface area contributed by atoms with Crippen molar-refractivity contribution < 1.29 is 9.90 Å². The lowest BCUT2D eigenvalue weighted by molar-refractivity contribution is -0.147. The monoisotopic (exact) mass is 204 g/mol. The van der Waals surface area contributed by atoms with Gasteiger partial charge in [-0.25, -0.2) is 0 Å². The van der Waals surface area contributed by atoms with E-state index in [0.717, 1.165) is 0 Å². The molecule has 0 aliphatic heterocycles. The van der Waals surface area contributed by atoms with E-state index in [1.165, 1.54) is 0 Å². The first-order valence-corrected chi connectivity index (χ1v) is 3.73. The molecule has 0 saturated carbocycles. The van der Waals surface area contributed by atoms with Crippen molar-refractivity contribution in [3.05, 3.63) is 18.5 Å². The van der Waals surface area contributed by atoms with Crippen LogP contribution < -0.4 is 0 Å². The van der Waals surface area contributed by atoms with Crippen molar-refractivity contribution in [2.75, 3.05) is 0 Å². The second-order valence-corrected chi connectivity index (χ2v) is 3.39. The lowest BCUT2D eigenvalue weighted by Crippen LogP contribution is -2.29. The molecule has 0 radical (unpaired) electrons.